The molecular formula is C19H23ClN4O4. The van der Waals surface area contributed by atoms with Crippen molar-refractivity contribution >= 4 is 41.7 Å². The summed E-state index contributed by atoms with van der Waals surface area (Å²) in [6, 6.07) is 4.18. The maximum atomic E-state index is 12.8. The summed E-state index contributed by atoms with van der Waals surface area (Å²) in [6.45, 7) is 2.86. The molecule has 1 unspecified atom stereocenters. The second kappa shape index (κ2) is 8.28. The van der Waals surface area contributed by atoms with Gasteiger partial charge < -0.3 is 10.6 Å². The first kappa shape index (κ1) is 20.3. The van der Waals surface area contributed by atoms with E-state index < -0.39 is 23.8 Å². The van der Waals surface area contributed by atoms with E-state index >= 15 is 0 Å². The number of halogens is 1. The van der Waals surface area contributed by atoms with Crippen LogP contribution in [-0.4, -0.2) is 54.2 Å². The summed E-state index contributed by atoms with van der Waals surface area (Å²) in [6.07, 6.45) is 2.50. The first-order valence-corrected chi connectivity index (χ1v) is 9.35. The van der Waals surface area contributed by atoms with Crippen LogP contribution in [0.25, 0.3) is 0 Å². The van der Waals surface area contributed by atoms with Crippen LogP contribution in [0.3, 0.4) is 0 Å². The van der Waals surface area contributed by atoms with Crippen molar-refractivity contribution in [3.8, 4) is 0 Å². The van der Waals surface area contributed by atoms with Crippen molar-refractivity contribution in [1.29, 1.82) is 0 Å². The fraction of sp³-hybridized carbons (Fsp3) is 0.474. The Morgan fingerprint density at radius 2 is 1.71 bits per heavy atom. The number of hydrogen-bond acceptors (Lipinski definition) is 6. The summed E-state index contributed by atoms with van der Waals surface area (Å²) in [4.78, 5) is 49.9. The third-order valence-corrected chi connectivity index (χ3v) is 5.49. The van der Waals surface area contributed by atoms with E-state index in [-0.39, 0.29) is 31.2 Å². The quantitative estimate of drug-likeness (QED) is 0.642. The third-order valence-electron chi connectivity index (χ3n) is 5.49. The van der Waals surface area contributed by atoms with E-state index in [0.29, 0.717) is 17.0 Å². The number of benzene rings is 1. The highest BCUT2D eigenvalue weighted by Crippen LogP contribution is 2.29. The zero-order valence-corrected chi connectivity index (χ0v) is 16.1. The summed E-state index contributed by atoms with van der Waals surface area (Å²) in [5.41, 5.74) is 1.40. The molecule has 8 nitrogen and oxygen atoms in total. The monoisotopic (exact) mass is 406 g/mol. The maximum absolute atomic E-state index is 12.8. The predicted molar refractivity (Wildman–Crippen MR) is 104 cm³/mol. The molecule has 0 saturated carbocycles. The van der Waals surface area contributed by atoms with Gasteiger partial charge in [0.2, 0.25) is 11.8 Å². The lowest BCUT2D eigenvalue weighted by molar-refractivity contribution is -0.136. The molecule has 0 aliphatic carbocycles. The van der Waals surface area contributed by atoms with Gasteiger partial charge in [-0.15, -0.1) is 12.4 Å². The van der Waals surface area contributed by atoms with Gasteiger partial charge in [0.1, 0.15) is 6.04 Å². The van der Waals surface area contributed by atoms with Gasteiger partial charge in [-0.3, -0.25) is 29.4 Å². The van der Waals surface area contributed by atoms with Gasteiger partial charge in [-0.1, -0.05) is 0 Å². The molecule has 3 N–H and O–H groups in total. The first-order chi connectivity index (χ1) is 13.0. The number of nitrogens with one attached hydrogen (secondary N) is 3. The van der Waals surface area contributed by atoms with Crippen LogP contribution < -0.4 is 16.0 Å². The average molecular weight is 407 g/mol. The Morgan fingerprint density at radius 3 is 2.43 bits per heavy atom. The molecule has 0 radical (unpaired) electrons. The minimum atomic E-state index is -0.929. The number of fused-ring (bicyclic) bond motifs is 1. The van der Waals surface area contributed by atoms with Crippen molar-refractivity contribution in [3.05, 3.63) is 29.3 Å². The molecule has 9 heteroatoms. The van der Waals surface area contributed by atoms with Crippen LogP contribution in [0, 0.1) is 5.92 Å². The van der Waals surface area contributed by atoms with Crippen molar-refractivity contribution in [3.63, 3.8) is 0 Å². The fourth-order valence-corrected chi connectivity index (χ4v) is 3.93. The number of piperidine rings is 2. The van der Waals surface area contributed by atoms with Gasteiger partial charge in [-0.25, -0.2) is 0 Å². The SMILES string of the molecule is Cl.O=C1CCC(N2C(=O)c3ccc(NCC4CCNCC4)cc3C2=O)C(=O)N1. The minimum Gasteiger partial charge on any atom is -0.385 e. The Labute approximate surface area is 168 Å². The predicted octanol–water partition coefficient (Wildman–Crippen LogP) is 0.921. The lowest BCUT2D eigenvalue weighted by Gasteiger charge is -2.27. The molecule has 3 aliphatic rings. The van der Waals surface area contributed by atoms with Gasteiger partial charge in [0.05, 0.1) is 11.1 Å². The van der Waals surface area contributed by atoms with Crippen LogP contribution in [0.15, 0.2) is 18.2 Å². The lowest BCUT2D eigenvalue weighted by Crippen LogP contribution is -2.54. The third kappa shape index (κ3) is 3.74. The standard InChI is InChI=1S/C19H22N4O4.ClH/c24-16-4-3-15(17(25)22-16)23-18(26)13-2-1-12(9-14(13)19(23)27)21-10-11-5-7-20-8-6-11;/h1-2,9,11,15,20-21H,3-8,10H2,(H,22,24,25);1H. The van der Waals surface area contributed by atoms with Crippen molar-refractivity contribution in [2.24, 2.45) is 5.92 Å². The van der Waals surface area contributed by atoms with E-state index in [1.54, 1.807) is 18.2 Å². The van der Waals surface area contributed by atoms with Gasteiger partial charge in [-0.05, 0) is 56.5 Å². The van der Waals surface area contributed by atoms with Crippen LogP contribution in [0.1, 0.15) is 46.4 Å². The highest BCUT2D eigenvalue weighted by atomic mass is 35.5. The van der Waals surface area contributed by atoms with E-state index in [0.717, 1.165) is 43.1 Å². The number of carbonyl (C=O) groups is 4. The van der Waals surface area contributed by atoms with Crippen LogP contribution in [-0.2, 0) is 9.59 Å². The van der Waals surface area contributed by atoms with E-state index in [1.165, 1.54) is 0 Å². The molecule has 4 rings (SSSR count). The van der Waals surface area contributed by atoms with E-state index in [9.17, 15) is 19.2 Å². The van der Waals surface area contributed by atoms with Crippen LogP contribution >= 0.6 is 12.4 Å². The first-order valence-electron chi connectivity index (χ1n) is 9.35. The molecular weight excluding hydrogens is 384 g/mol. The van der Waals surface area contributed by atoms with E-state index in [4.69, 9.17) is 0 Å². The van der Waals surface area contributed by atoms with Crippen molar-refractivity contribution in [1.82, 2.24) is 15.5 Å². The minimum absolute atomic E-state index is 0. The summed E-state index contributed by atoms with van der Waals surface area (Å²) < 4.78 is 0. The highest BCUT2D eigenvalue weighted by molar-refractivity contribution is 6.23. The summed E-state index contributed by atoms with van der Waals surface area (Å²) in [5.74, 6) is -1.34. The molecule has 3 heterocycles. The summed E-state index contributed by atoms with van der Waals surface area (Å²) >= 11 is 0. The van der Waals surface area contributed by atoms with Gasteiger partial charge >= 0.3 is 0 Å². The Bertz CT molecular complexity index is 822. The van der Waals surface area contributed by atoms with Crippen molar-refractivity contribution in [2.45, 2.75) is 31.7 Å². The molecule has 2 saturated heterocycles. The number of amides is 4. The number of hydrogen-bond donors (Lipinski definition) is 3. The molecule has 1 aromatic rings. The topological polar surface area (TPSA) is 108 Å². The molecule has 28 heavy (non-hydrogen) atoms. The Kier molecular flexibility index (Phi) is 6.00. The number of anilines is 1. The van der Waals surface area contributed by atoms with Crippen LogP contribution in [0.5, 0.6) is 0 Å². The highest BCUT2D eigenvalue weighted by Gasteiger charge is 2.44. The number of imide groups is 2. The van der Waals surface area contributed by atoms with Gasteiger partial charge in [0, 0.05) is 18.7 Å². The van der Waals surface area contributed by atoms with Crippen molar-refractivity contribution in [2.75, 3.05) is 25.0 Å². The van der Waals surface area contributed by atoms with E-state index in [2.05, 4.69) is 16.0 Å². The molecule has 0 aromatic heterocycles. The molecule has 4 amide bonds. The molecule has 3 aliphatic heterocycles. The average Bonchev–Trinajstić information content (AvgIpc) is 2.92. The number of rotatable bonds is 4. The van der Waals surface area contributed by atoms with Gasteiger partial charge in [0.25, 0.3) is 11.8 Å². The summed E-state index contributed by atoms with van der Waals surface area (Å²) in [5, 5.41) is 8.89. The molecule has 1 aromatic carbocycles. The molecule has 0 bridgehead atoms. The van der Waals surface area contributed by atoms with E-state index in [1.807, 2.05) is 0 Å². The second-order valence-electron chi connectivity index (χ2n) is 7.28. The zero-order valence-electron chi connectivity index (χ0n) is 15.3. The van der Waals surface area contributed by atoms with Crippen LogP contribution in [0.2, 0.25) is 0 Å². The Balaban J connectivity index is 0.00000225. The maximum Gasteiger partial charge on any atom is 0.262 e. The van der Waals surface area contributed by atoms with Gasteiger partial charge in [-0.2, -0.15) is 0 Å². The fourth-order valence-electron chi connectivity index (χ4n) is 3.93. The largest absolute Gasteiger partial charge is 0.385 e. The molecule has 1 atom stereocenters. The molecule has 2 fully saturated rings. The Hall–Kier alpha value is -2.45. The lowest BCUT2D eigenvalue weighted by atomic mass is 9.98. The number of nitrogens with zero attached hydrogens (tertiary/aromatic N) is 1. The van der Waals surface area contributed by atoms with Crippen LogP contribution in [0.4, 0.5) is 5.69 Å². The molecule has 150 valence electrons. The second-order valence-corrected chi connectivity index (χ2v) is 7.28. The van der Waals surface area contributed by atoms with Gasteiger partial charge in [0.15, 0.2) is 0 Å². The van der Waals surface area contributed by atoms with Crippen molar-refractivity contribution < 1.29 is 19.2 Å². The smallest absolute Gasteiger partial charge is 0.262 e. The number of carbonyl (C=O) groups excluding carboxylic acids is 4. The zero-order chi connectivity index (χ0) is 19.0. The molecule has 0 spiro atoms. The normalized spacial score (nSPS) is 22.6. The summed E-state index contributed by atoms with van der Waals surface area (Å²) in [7, 11) is 0. The Morgan fingerprint density at radius 1 is 1.00 bits per heavy atom.